The summed E-state index contributed by atoms with van der Waals surface area (Å²) >= 11 is 1.71. The largest absolute Gasteiger partial charge is 0.294 e. The second-order valence-electron chi connectivity index (χ2n) is 4.97. The lowest BCUT2D eigenvalue weighted by Crippen LogP contribution is -2.08. The average molecular weight is 292 g/mol. The third-order valence-electron chi connectivity index (χ3n) is 3.57. The number of carbonyl (C=O) groups excluding carboxylic acids is 1. The maximum absolute atomic E-state index is 12.5. The normalized spacial score (nSPS) is 12.0. The predicted octanol–water partition coefficient (Wildman–Crippen LogP) is 5.15. The van der Waals surface area contributed by atoms with Gasteiger partial charge in [0.15, 0.2) is 5.78 Å². The van der Waals surface area contributed by atoms with Crippen LogP contribution in [0.1, 0.15) is 33.1 Å². The molecule has 0 fully saturated rings. The molecule has 0 aliphatic heterocycles. The van der Waals surface area contributed by atoms with Crippen LogP contribution in [-0.4, -0.2) is 5.78 Å². The molecule has 21 heavy (non-hydrogen) atoms. The minimum absolute atomic E-state index is 0.138. The van der Waals surface area contributed by atoms with Crippen LogP contribution in [0.4, 0.5) is 0 Å². The molecule has 3 rings (SSSR count). The van der Waals surface area contributed by atoms with E-state index in [2.05, 4.69) is 23.6 Å². The molecular weight excluding hydrogens is 276 g/mol. The Morgan fingerprint density at radius 3 is 2.14 bits per heavy atom. The zero-order valence-electron chi connectivity index (χ0n) is 11.6. The summed E-state index contributed by atoms with van der Waals surface area (Å²) in [4.78, 5) is 13.8. The number of Topliss-reactive ketones (excluding diaryl/α,β-unsaturated/α-hetero) is 1. The summed E-state index contributed by atoms with van der Waals surface area (Å²) in [5.41, 5.74) is 1.99. The van der Waals surface area contributed by atoms with E-state index in [0.29, 0.717) is 6.42 Å². The minimum atomic E-state index is 0.138. The second kappa shape index (κ2) is 6.51. The van der Waals surface area contributed by atoms with Gasteiger partial charge in [0.25, 0.3) is 0 Å². The summed E-state index contributed by atoms with van der Waals surface area (Å²) in [6.45, 7) is 0. The van der Waals surface area contributed by atoms with Crippen molar-refractivity contribution in [2.24, 2.45) is 0 Å². The molecule has 0 N–H and O–H groups in total. The van der Waals surface area contributed by atoms with Crippen molar-refractivity contribution in [3.8, 4) is 0 Å². The van der Waals surface area contributed by atoms with E-state index in [4.69, 9.17) is 0 Å². The van der Waals surface area contributed by atoms with Crippen LogP contribution in [0.15, 0.2) is 78.2 Å². The molecule has 3 aromatic rings. The summed E-state index contributed by atoms with van der Waals surface area (Å²) in [6.07, 6.45) is 0.508. The summed E-state index contributed by atoms with van der Waals surface area (Å²) < 4.78 is 0. The highest BCUT2D eigenvalue weighted by atomic mass is 32.1. The molecule has 0 spiro atoms. The fourth-order valence-corrected chi connectivity index (χ4v) is 3.34. The molecule has 2 aromatic carbocycles. The molecule has 0 saturated heterocycles. The number of benzene rings is 2. The van der Waals surface area contributed by atoms with E-state index >= 15 is 0 Å². The van der Waals surface area contributed by atoms with Gasteiger partial charge in [0, 0.05) is 22.8 Å². The summed E-state index contributed by atoms with van der Waals surface area (Å²) in [5, 5.41) is 2.07. The highest BCUT2D eigenvalue weighted by Gasteiger charge is 2.19. The maximum atomic E-state index is 12.5. The first-order valence-electron chi connectivity index (χ1n) is 7.01. The van der Waals surface area contributed by atoms with Crippen LogP contribution in [-0.2, 0) is 0 Å². The second-order valence-corrected chi connectivity index (χ2v) is 5.95. The van der Waals surface area contributed by atoms with E-state index in [1.807, 2.05) is 54.6 Å². The van der Waals surface area contributed by atoms with Gasteiger partial charge >= 0.3 is 0 Å². The van der Waals surface area contributed by atoms with Gasteiger partial charge in [-0.3, -0.25) is 4.79 Å². The quantitative estimate of drug-likeness (QED) is 0.594. The predicted molar refractivity (Wildman–Crippen MR) is 88.0 cm³/mol. The van der Waals surface area contributed by atoms with Crippen LogP contribution >= 0.6 is 11.3 Å². The lowest BCUT2D eigenvalue weighted by Gasteiger charge is -2.15. The molecule has 1 heterocycles. The molecule has 1 nitrogen and oxygen atoms in total. The molecule has 0 radical (unpaired) electrons. The molecule has 0 aliphatic carbocycles. The Kier molecular flexibility index (Phi) is 4.27. The van der Waals surface area contributed by atoms with Gasteiger partial charge in [-0.05, 0) is 17.0 Å². The maximum Gasteiger partial charge on any atom is 0.163 e. The fraction of sp³-hybridized carbons (Fsp3) is 0.105. The molecule has 0 aliphatic rings. The van der Waals surface area contributed by atoms with Gasteiger partial charge in [-0.2, -0.15) is 0 Å². The van der Waals surface area contributed by atoms with E-state index in [-0.39, 0.29) is 11.7 Å². The first kappa shape index (κ1) is 13.8. The Bertz CT molecular complexity index is 687. The zero-order valence-corrected chi connectivity index (χ0v) is 12.4. The Hall–Kier alpha value is -2.19. The molecule has 0 bridgehead atoms. The van der Waals surface area contributed by atoms with Gasteiger partial charge in [-0.1, -0.05) is 66.7 Å². The van der Waals surface area contributed by atoms with Crippen LogP contribution in [0.25, 0.3) is 0 Å². The van der Waals surface area contributed by atoms with Gasteiger partial charge in [-0.25, -0.2) is 0 Å². The van der Waals surface area contributed by atoms with Crippen LogP contribution in [0.2, 0.25) is 0 Å². The first-order valence-corrected chi connectivity index (χ1v) is 7.89. The van der Waals surface area contributed by atoms with Crippen molar-refractivity contribution in [3.63, 3.8) is 0 Å². The van der Waals surface area contributed by atoms with Crippen molar-refractivity contribution in [1.82, 2.24) is 0 Å². The van der Waals surface area contributed by atoms with Gasteiger partial charge in [0.05, 0.1) is 0 Å². The zero-order chi connectivity index (χ0) is 14.5. The number of thiophene rings is 1. The monoisotopic (exact) mass is 292 g/mol. The lowest BCUT2D eigenvalue weighted by atomic mass is 9.90. The van der Waals surface area contributed by atoms with E-state index in [1.54, 1.807) is 11.3 Å². The Morgan fingerprint density at radius 1 is 0.857 bits per heavy atom. The number of ketones is 1. The van der Waals surface area contributed by atoms with E-state index in [0.717, 1.165) is 5.56 Å². The van der Waals surface area contributed by atoms with Crippen molar-refractivity contribution in [2.45, 2.75) is 12.3 Å². The fourth-order valence-electron chi connectivity index (χ4n) is 2.48. The highest BCUT2D eigenvalue weighted by Crippen LogP contribution is 2.32. The van der Waals surface area contributed by atoms with Crippen molar-refractivity contribution in [2.75, 3.05) is 0 Å². The number of carbonyl (C=O) groups is 1. The van der Waals surface area contributed by atoms with Crippen LogP contribution < -0.4 is 0 Å². The molecule has 0 saturated carbocycles. The lowest BCUT2D eigenvalue weighted by molar-refractivity contribution is 0.0978. The molecule has 104 valence electrons. The van der Waals surface area contributed by atoms with Crippen molar-refractivity contribution in [1.29, 1.82) is 0 Å². The van der Waals surface area contributed by atoms with E-state index < -0.39 is 0 Å². The Morgan fingerprint density at radius 2 is 1.52 bits per heavy atom. The Labute approximate surface area is 128 Å². The third-order valence-corrected chi connectivity index (χ3v) is 4.56. The summed E-state index contributed by atoms with van der Waals surface area (Å²) in [7, 11) is 0. The van der Waals surface area contributed by atoms with Crippen LogP contribution in [0.3, 0.4) is 0 Å². The number of hydrogen-bond acceptors (Lipinski definition) is 2. The molecule has 1 unspecified atom stereocenters. The van der Waals surface area contributed by atoms with Crippen LogP contribution in [0, 0.1) is 0 Å². The molecule has 2 heteroatoms. The molecule has 1 atom stereocenters. The van der Waals surface area contributed by atoms with Gasteiger partial charge in [0.1, 0.15) is 0 Å². The summed E-state index contributed by atoms with van der Waals surface area (Å²) in [6, 6.07) is 24.0. The highest BCUT2D eigenvalue weighted by molar-refractivity contribution is 7.10. The molecule has 0 amide bonds. The van der Waals surface area contributed by atoms with Gasteiger partial charge in [0.2, 0.25) is 0 Å². The van der Waals surface area contributed by atoms with Crippen molar-refractivity contribution < 1.29 is 4.79 Å². The average Bonchev–Trinajstić information content (AvgIpc) is 3.08. The minimum Gasteiger partial charge on any atom is -0.294 e. The topological polar surface area (TPSA) is 17.1 Å². The van der Waals surface area contributed by atoms with Crippen molar-refractivity contribution >= 4 is 17.1 Å². The summed E-state index contributed by atoms with van der Waals surface area (Å²) in [5.74, 6) is 0.330. The number of hydrogen-bond donors (Lipinski definition) is 0. The van der Waals surface area contributed by atoms with Crippen molar-refractivity contribution in [3.05, 3.63) is 94.2 Å². The van der Waals surface area contributed by atoms with Gasteiger partial charge in [-0.15, -0.1) is 11.3 Å². The SMILES string of the molecule is O=C(CC(c1ccccc1)c1cccs1)c1ccccc1. The standard InChI is InChI=1S/C19H16OS/c20-18(16-10-5-2-6-11-16)14-17(19-12-7-13-21-19)15-8-3-1-4-9-15/h1-13,17H,14H2. The third kappa shape index (κ3) is 3.29. The smallest absolute Gasteiger partial charge is 0.163 e. The first-order chi connectivity index (χ1) is 10.3. The van der Waals surface area contributed by atoms with E-state index in [9.17, 15) is 4.79 Å². The number of rotatable bonds is 5. The van der Waals surface area contributed by atoms with Gasteiger partial charge < -0.3 is 0 Å². The van der Waals surface area contributed by atoms with E-state index in [1.165, 1.54) is 10.4 Å². The molecule has 1 aromatic heterocycles. The molecular formula is C19H16OS. The van der Waals surface area contributed by atoms with Crippen LogP contribution in [0.5, 0.6) is 0 Å². The Balaban J connectivity index is 1.89.